The van der Waals surface area contributed by atoms with Gasteiger partial charge in [-0.2, -0.15) is 0 Å². The zero-order valence-corrected chi connectivity index (χ0v) is 11.1. The van der Waals surface area contributed by atoms with E-state index < -0.39 is 0 Å². The average molecular weight is 241 g/mol. The van der Waals surface area contributed by atoms with Crippen LogP contribution in [0.2, 0.25) is 0 Å². The maximum Gasteiger partial charge on any atom is 0.168 e. The fraction of sp³-hybridized carbons (Fsp3) is 0.917. The van der Waals surface area contributed by atoms with E-state index in [9.17, 15) is 0 Å². The van der Waals surface area contributed by atoms with Crippen molar-refractivity contribution in [3.63, 3.8) is 0 Å². The molecule has 0 spiro atoms. The Bertz CT molecular complexity index is 238. The summed E-state index contributed by atoms with van der Waals surface area (Å²) < 4.78 is 0. The second-order valence-electron chi connectivity index (χ2n) is 4.80. The normalized spacial score (nSPS) is 26.3. The van der Waals surface area contributed by atoms with Crippen molar-refractivity contribution in [1.82, 2.24) is 15.1 Å². The molecule has 92 valence electrons. The largest absolute Gasteiger partial charge is 0.361 e. The number of nitrogens with one attached hydrogen (secondary N) is 1. The van der Waals surface area contributed by atoms with Crippen LogP contribution in [0.3, 0.4) is 0 Å². The highest BCUT2D eigenvalue weighted by molar-refractivity contribution is 7.80. The minimum atomic E-state index is 0.700. The molecule has 1 unspecified atom stereocenters. The molecule has 0 bridgehead atoms. The number of thiocarbonyl (C=S) groups is 1. The Hall–Kier alpha value is -0.350. The van der Waals surface area contributed by atoms with Gasteiger partial charge in [-0.15, -0.1) is 0 Å². The molecule has 1 N–H and O–H groups in total. The summed E-state index contributed by atoms with van der Waals surface area (Å²) >= 11 is 5.42. The summed E-state index contributed by atoms with van der Waals surface area (Å²) in [7, 11) is 0. The van der Waals surface area contributed by atoms with Gasteiger partial charge in [0.1, 0.15) is 0 Å². The zero-order chi connectivity index (χ0) is 11.4. The molecular weight excluding hydrogens is 218 g/mol. The van der Waals surface area contributed by atoms with E-state index in [1.165, 1.54) is 38.8 Å². The van der Waals surface area contributed by atoms with Gasteiger partial charge in [0.2, 0.25) is 0 Å². The van der Waals surface area contributed by atoms with Gasteiger partial charge in [0.25, 0.3) is 0 Å². The van der Waals surface area contributed by atoms with Crippen LogP contribution in [0.1, 0.15) is 32.6 Å². The number of rotatable bonds is 3. The zero-order valence-electron chi connectivity index (χ0n) is 10.2. The molecule has 2 heterocycles. The maximum absolute atomic E-state index is 5.42. The lowest BCUT2D eigenvalue weighted by Gasteiger charge is -2.26. The van der Waals surface area contributed by atoms with E-state index in [0.29, 0.717) is 6.04 Å². The third-order valence-corrected chi connectivity index (χ3v) is 4.19. The summed E-state index contributed by atoms with van der Waals surface area (Å²) in [5.41, 5.74) is 0. The Balaban J connectivity index is 1.71. The van der Waals surface area contributed by atoms with Crippen LogP contribution in [0, 0.1) is 0 Å². The van der Waals surface area contributed by atoms with Gasteiger partial charge >= 0.3 is 0 Å². The highest BCUT2D eigenvalue weighted by Gasteiger charge is 2.23. The Kier molecular flexibility index (Phi) is 4.41. The van der Waals surface area contributed by atoms with E-state index >= 15 is 0 Å². The second kappa shape index (κ2) is 5.82. The lowest BCUT2D eigenvalue weighted by Crippen LogP contribution is -2.44. The standard InChI is InChI=1S/C12H23N3S/c1-2-14-9-5-6-11(14)10-13-12(16)15-7-3-4-8-15/h11H,2-10H2,1H3,(H,13,16). The second-order valence-corrected chi connectivity index (χ2v) is 5.19. The lowest BCUT2D eigenvalue weighted by atomic mass is 10.2. The van der Waals surface area contributed by atoms with Crippen LogP contribution in [-0.2, 0) is 0 Å². The summed E-state index contributed by atoms with van der Waals surface area (Å²) in [6, 6.07) is 0.700. The number of hydrogen-bond acceptors (Lipinski definition) is 2. The van der Waals surface area contributed by atoms with Crippen molar-refractivity contribution in [3.8, 4) is 0 Å². The number of hydrogen-bond donors (Lipinski definition) is 1. The minimum absolute atomic E-state index is 0.700. The van der Waals surface area contributed by atoms with E-state index in [1.807, 2.05) is 0 Å². The molecular formula is C12H23N3S. The molecule has 2 fully saturated rings. The van der Waals surface area contributed by atoms with E-state index in [2.05, 4.69) is 22.0 Å². The summed E-state index contributed by atoms with van der Waals surface area (Å²) in [5.74, 6) is 0. The van der Waals surface area contributed by atoms with Gasteiger partial charge in [-0.1, -0.05) is 6.92 Å². The van der Waals surface area contributed by atoms with Crippen LogP contribution in [0.15, 0.2) is 0 Å². The van der Waals surface area contributed by atoms with Gasteiger partial charge in [-0.05, 0) is 51.0 Å². The Morgan fingerprint density at radius 1 is 1.25 bits per heavy atom. The molecule has 0 aromatic carbocycles. The first-order chi connectivity index (χ1) is 7.81. The molecule has 2 aliphatic heterocycles. The fourth-order valence-corrected chi connectivity index (χ4v) is 3.05. The van der Waals surface area contributed by atoms with Crippen LogP contribution < -0.4 is 5.32 Å². The molecule has 0 aliphatic carbocycles. The van der Waals surface area contributed by atoms with Crippen LogP contribution in [0.5, 0.6) is 0 Å². The molecule has 0 amide bonds. The van der Waals surface area contributed by atoms with Crippen LogP contribution in [0.25, 0.3) is 0 Å². The third kappa shape index (κ3) is 2.86. The van der Waals surface area contributed by atoms with E-state index in [0.717, 1.165) is 24.7 Å². The summed E-state index contributed by atoms with van der Waals surface area (Å²) in [4.78, 5) is 4.86. The first-order valence-electron chi connectivity index (χ1n) is 6.58. The number of nitrogens with zero attached hydrogens (tertiary/aromatic N) is 2. The van der Waals surface area contributed by atoms with Crippen molar-refractivity contribution in [2.24, 2.45) is 0 Å². The van der Waals surface area contributed by atoms with Crippen LogP contribution in [0.4, 0.5) is 0 Å². The van der Waals surface area contributed by atoms with Gasteiger partial charge in [0, 0.05) is 25.7 Å². The monoisotopic (exact) mass is 241 g/mol. The Labute approximate surface area is 104 Å². The number of likely N-dealkylation sites (tertiary alicyclic amines) is 2. The Morgan fingerprint density at radius 3 is 2.69 bits per heavy atom. The molecule has 0 aromatic heterocycles. The molecule has 16 heavy (non-hydrogen) atoms. The topological polar surface area (TPSA) is 18.5 Å². The quantitative estimate of drug-likeness (QED) is 0.753. The van der Waals surface area contributed by atoms with E-state index in [-0.39, 0.29) is 0 Å². The number of likely N-dealkylation sites (N-methyl/N-ethyl adjacent to an activating group) is 1. The molecule has 0 aromatic rings. The lowest BCUT2D eigenvalue weighted by molar-refractivity contribution is 0.266. The molecule has 2 saturated heterocycles. The van der Waals surface area contributed by atoms with Crippen molar-refractivity contribution in [1.29, 1.82) is 0 Å². The van der Waals surface area contributed by atoms with Crippen molar-refractivity contribution in [2.45, 2.75) is 38.6 Å². The van der Waals surface area contributed by atoms with Crippen LogP contribution >= 0.6 is 12.2 Å². The van der Waals surface area contributed by atoms with Crippen molar-refractivity contribution >= 4 is 17.3 Å². The molecule has 2 aliphatic rings. The van der Waals surface area contributed by atoms with Gasteiger partial charge in [0.05, 0.1) is 0 Å². The highest BCUT2D eigenvalue weighted by Crippen LogP contribution is 2.16. The van der Waals surface area contributed by atoms with Gasteiger partial charge < -0.3 is 10.2 Å². The predicted molar refractivity (Wildman–Crippen MR) is 71.7 cm³/mol. The first kappa shape index (κ1) is 12.1. The van der Waals surface area contributed by atoms with E-state index in [1.54, 1.807) is 0 Å². The molecule has 4 heteroatoms. The highest BCUT2D eigenvalue weighted by atomic mass is 32.1. The first-order valence-corrected chi connectivity index (χ1v) is 6.99. The fourth-order valence-electron chi connectivity index (χ4n) is 2.78. The summed E-state index contributed by atoms with van der Waals surface area (Å²) in [6.45, 7) is 8.00. The van der Waals surface area contributed by atoms with E-state index in [4.69, 9.17) is 12.2 Å². The van der Waals surface area contributed by atoms with Crippen molar-refractivity contribution in [3.05, 3.63) is 0 Å². The summed E-state index contributed by atoms with van der Waals surface area (Å²) in [6.07, 6.45) is 5.26. The molecule has 0 radical (unpaired) electrons. The summed E-state index contributed by atoms with van der Waals surface area (Å²) in [5, 5.41) is 4.42. The third-order valence-electron chi connectivity index (χ3n) is 3.79. The van der Waals surface area contributed by atoms with Gasteiger partial charge in [0.15, 0.2) is 5.11 Å². The van der Waals surface area contributed by atoms with Gasteiger partial charge in [-0.3, -0.25) is 4.90 Å². The smallest absolute Gasteiger partial charge is 0.168 e. The predicted octanol–water partition coefficient (Wildman–Crippen LogP) is 1.44. The SMILES string of the molecule is CCN1CCCC1CNC(=S)N1CCCC1. The molecule has 1 atom stereocenters. The molecule has 2 rings (SSSR count). The van der Waals surface area contributed by atoms with Crippen molar-refractivity contribution in [2.75, 3.05) is 32.7 Å². The molecule has 3 nitrogen and oxygen atoms in total. The van der Waals surface area contributed by atoms with Gasteiger partial charge in [-0.25, -0.2) is 0 Å². The minimum Gasteiger partial charge on any atom is -0.361 e. The average Bonchev–Trinajstić information content (AvgIpc) is 2.96. The van der Waals surface area contributed by atoms with Crippen LogP contribution in [-0.4, -0.2) is 53.7 Å². The maximum atomic E-state index is 5.42. The molecule has 0 saturated carbocycles. The van der Waals surface area contributed by atoms with Crippen molar-refractivity contribution < 1.29 is 0 Å². The Morgan fingerprint density at radius 2 is 2.00 bits per heavy atom.